The van der Waals surface area contributed by atoms with E-state index < -0.39 is 0 Å². The second-order valence-electron chi connectivity index (χ2n) is 3.30. The summed E-state index contributed by atoms with van der Waals surface area (Å²) in [6, 6.07) is 0.334. The minimum absolute atomic E-state index is 0.00579. The van der Waals surface area contributed by atoms with Gasteiger partial charge in [0.15, 0.2) is 0 Å². The highest BCUT2D eigenvalue weighted by atomic mass is 16.5. The lowest BCUT2D eigenvalue weighted by Gasteiger charge is -2.39. The van der Waals surface area contributed by atoms with Crippen LogP contribution in [0.5, 0.6) is 0 Å². The van der Waals surface area contributed by atoms with Gasteiger partial charge in [0.25, 0.3) is 0 Å². The second-order valence-corrected chi connectivity index (χ2v) is 3.30. The lowest BCUT2D eigenvalue weighted by Crippen LogP contribution is -2.50. The van der Waals surface area contributed by atoms with Crippen molar-refractivity contribution in [3.8, 4) is 0 Å². The Labute approximate surface area is 73.7 Å². The van der Waals surface area contributed by atoms with Crippen LogP contribution in [-0.2, 0) is 9.53 Å². The molecule has 0 radical (unpaired) electrons. The summed E-state index contributed by atoms with van der Waals surface area (Å²) in [6.07, 6.45) is 1.84. The summed E-state index contributed by atoms with van der Waals surface area (Å²) in [5.41, 5.74) is 0. The third-order valence-electron chi connectivity index (χ3n) is 2.34. The van der Waals surface area contributed by atoms with E-state index in [0.717, 1.165) is 19.4 Å². The van der Waals surface area contributed by atoms with Gasteiger partial charge in [-0.2, -0.15) is 0 Å². The highest BCUT2D eigenvalue weighted by Crippen LogP contribution is 2.18. The van der Waals surface area contributed by atoms with Gasteiger partial charge in [0, 0.05) is 13.0 Å². The lowest BCUT2D eigenvalue weighted by molar-refractivity contribution is -0.160. The van der Waals surface area contributed by atoms with E-state index in [0.29, 0.717) is 6.04 Å². The number of hydrogen-bond donors (Lipinski definition) is 0. The van der Waals surface area contributed by atoms with E-state index in [1.165, 1.54) is 0 Å². The van der Waals surface area contributed by atoms with Crippen molar-refractivity contribution >= 4 is 5.91 Å². The summed E-state index contributed by atoms with van der Waals surface area (Å²) in [4.78, 5) is 13.1. The van der Waals surface area contributed by atoms with Crippen LogP contribution in [0.2, 0.25) is 0 Å². The number of carbonyl (C=O) groups excluding carboxylic acids is 1. The number of carbonyl (C=O) groups is 1. The van der Waals surface area contributed by atoms with Crippen LogP contribution in [0.4, 0.5) is 0 Å². The van der Waals surface area contributed by atoms with Gasteiger partial charge >= 0.3 is 0 Å². The van der Waals surface area contributed by atoms with E-state index in [-0.39, 0.29) is 12.1 Å². The van der Waals surface area contributed by atoms with E-state index in [2.05, 4.69) is 6.92 Å². The van der Waals surface area contributed by atoms with E-state index in [1.54, 1.807) is 6.92 Å². The molecular formula is C9H17NO2. The van der Waals surface area contributed by atoms with Gasteiger partial charge in [-0.1, -0.05) is 6.92 Å². The average molecular weight is 171 g/mol. The zero-order chi connectivity index (χ0) is 9.14. The first-order chi connectivity index (χ1) is 5.66. The Bertz CT molecular complexity index is 170. The largest absolute Gasteiger partial charge is 0.358 e. The third-order valence-corrected chi connectivity index (χ3v) is 2.34. The SMILES string of the molecule is CC[C@@H]1OCC[C@@H](C)N1C(C)=O. The molecule has 1 fully saturated rings. The topological polar surface area (TPSA) is 29.5 Å². The Morgan fingerprint density at radius 1 is 1.67 bits per heavy atom. The highest BCUT2D eigenvalue weighted by Gasteiger charge is 2.28. The van der Waals surface area contributed by atoms with Crippen LogP contribution in [-0.4, -0.2) is 29.7 Å². The number of hydrogen-bond acceptors (Lipinski definition) is 2. The Balaban J connectivity index is 2.66. The average Bonchev–Trinajstić information content (AvgIpc) is 2.03. The van der Waals surface area contributed by atoms with Crippen LogP contribution in [0.25, 0.3) is 0 Å². The van der Waals surface area contributed by atoms with Gasteiger partial charge in [-0.15, -0.1) is 0 Å². The molecule has 0 unspecified atom stereocenters. The fraction of sp³-hybridized carbons (Fsp3) is 0.889. The number of amides is 1. The first kappa shape index (κ1) is 9.52. The van der Waals surface area contributed by atoms with Crippen molar-refractivity contribution in [2.75, 3.05) is 6.61 Å². The minimum atomic E-state index is 0.00579. The van der Waals surface area contributed by atoms with E-state index >= 15 is 0 Å². The smallest absolute Gasteiger partial charge is 0.221 e. The van der Waals surface area contributed by atoms with Crippen molar-refractivity contribution < 1.29 is 9.53 Å². The molecule has 2 atom stereocenters. The van der Waals surface area contributed by atoms with Gasteiger partial charge in [0.05, 0.1) is 6.61 Å². The van der Waals surface area contributed by atoms with Gasteiger partial charge in [0.2, 0.25) is 5.91 Å². The first-order valence-electron chi connectivity index (χ1n) is 4.57. The van der Waals surface area contributed by atoms with Gasteiger partial charge in [-0.3, -0.25) is 4.79 Å². The zero-order valence-electron chi connectivity index (χ0n) is 8.04. The third kappa shape index (κ3) is 1.78. The maximum Gasteiger partial charge on any atom is 0.221 e. The van der Waals surface area contributed by atoms with Crippen molar-refractivity contribution in [3.05, 3.63) is 0 Å². The van der Waals surface area contributed by atoms with Gasteiger partial charge in [-0.25, -0.2) is 0 Å². The second kappa shape index (κ2) is 3.90. The summed E-state index contributed by atoms with van der Waals surface area (Å²) in [7, 11) is 0. The normalized spacial score (nSPS) is 30.4. The van der Waals surface area contributed by atoms with Crippen molar-refractivity contribution in [3.63, 3.8) is 0 Å². The molecule has 0 aliphatic carbocycles. The van der Waals surface area contributed by atoms with Crippen LogP contribution in [0, 0.1) is 0 Å². The molecule has 0 spiro atoms. The van der Waals surface area contributed by atoms with Crippen LogP contribution < -0.4 is 0 Å². The molecule has 1 aliphatic rings. The molecule has 3 nitrogen and oxygen atoms in total. The molecule has 1 saturated heterocycles. The number of nitrogens with zero attached hydrogens (tertiary/aromatic N) is 1. The highest BCUT2D eigenvalue weighted by molar-refractivity contribution is 5.73. The van der Waals surface area contributed by atoms with Crippen molar-refractivity contribution in [2.24, 2.45) is 0 Å². The zero-order valence-corrected chi connectivity index (χ0v) is 8.04. The Kier molecular flexibility index (Phi) is 3.09. The van der Waals surface area contributed by atoms with E-state index in [4.69, 9.17) is 4.74 Å². The molecule has 0 saturated carbocycles. The maximum atomic E-state index is 11.2. The molecule has 1 rings (SSSR count). The Morgan fingerprint density at radius 2 is 2.33 bits per heavy atom. The molecule has 1 aliphatic heterocycles. The molecule has 3 heteroatoms. The summed E-state index contributed by atoms with van der Waals surface area (Å²) < 4.78 is 5.48. The molecule has 0 aromatic carbocycles. The van der Waals surface area contributed by atoms with Crippen molar-refractivity contribution in [1.82, 2.24) is 4.90 Å². The molecule has 12 heavy (non-hydrogen) atoms. The standard InChI is InChI=1S/C9H17NO2/c1-4-9-10(8(3)11)7(2)5-6-12-9/h7,9H,4-6H2,1-3H3/t7-,9+/m1/s1. The first-order valence-corrected chi connectivity index (χ1v) is 4.57. The van der Waals surface area contributed by atoms with E-state index in [9.17, 15) is 4.79 Å². The monoisotopic (exact) mass is 171 g/mol. The quantitative estimate of drug-likeness (QED) is 0.596. The fourth-order valence-corrected chi connectivity index (χ4v) is 1.71. The van der Waals surface area contributed by atoms with Gasteiger partial charge < -0.3 is 9.64 Å². The van der Waals surface area contributed by atoms with Crippen LogP contribution >= 0.6 is 0 Å². The predicted octanol–water partition coefficient (Wildman–Crippen LogP) is 1.38. The summed E-state index contributed by atoms with van der Waals surface area (Å²) in [5.74, 6) is 0.119. The molecule has 1 heterocycles. The minimum Gasteiger partial charge on any atom is -0.358 e. The van der Waals surface area contributed by atoms with Crippen molar-refractivity contribution in [2.45, 2.75) is 45.9 Å². The molecule has 0 N–H and O–H groups in total. The van der Waals surface area contributed by atoms with Crippen LogP contribution in [0.1, 0.15) is 33.6 Å². The Hall–Kier alpha value is -0.570. The fourth-order valence-electron chi connectivity index (χ4n) is 1.71. The summed E-state index contributed by atoms with van der Waals surface area (Å²) in [5, 5.41) is 0. The Morgan fingerprint density at radius 3 is 2.75 bits per heavy atom. The number of rotatable bonds is 1. The molecule has 70 valence electrons. The summed E-state index contributed by atoms with van der Waals surface area (Å²) in [6.45, 7) is 6.50. The maximum absolute atomic E-state index is 11.2. The van der Waals surface area contributed by atoms with E-state index in [1.807, 2.05) is 11.8 Å². The van der Waals surface area contributed by atoms with Gasteiger partial charge in [-0.05, 0) is 19.8 Å². The van der Waals surface area contributed by atoms with Crippen molar-refractivity contribution in [1.29, 1.82) is 0 Å². The lowest BCUT2D eigenvalue weighted by atomic mass is 10.1. The van der Waals surface area contributed by atoms with Crippen LogP contribution in [0.3, 0.4) is 0 Å². The molecule has 1 amide bonds. The molecule has 0 bridgehead atoms. The van der Waals surface area contributed by atoms with Crippen LogP contribution in [0.15, 0.2) is 0 Å². The molecule has 0 aromatic rings. The molecular weight excluding hydrogens is 154 g/mol. The predicted molar refractivity (Wildman–Crippen MR) is 46.6 cm³/mol. The van der Waals surface area contributed by atoms with Gasteiger partial charge in [0.1, 0.15) is 6.23 Å². The summed E-state index contributed by atoms with van der Waals surface area (Å²) >= 11 is 0. The molecule has 0 aromatic heterocycles. The number of ether oxygens (including phenoxy) is 1.